The number of thioether (sulfide) groups is 1. The number of aryl methyl sites for hydroxylation is 1. The Kier molecular flexibility index (Phi) is 8.85. The Morgan fingerprint density at radius 3 is 2.62 bits per heavy atom. The first-order valence-electron chi connectivity index (χ1n) is 8.14. The van der Waals surface area contributed by atoms with Gasteiger partial charge >= 0.3 is 0 Å². The number of hydrogen-bond acceptors (Lipinski definition) is 4. The number of aliphatic hydroxyl groups excluding tert-OH is 1. The number of rotatable bonds is 9. The lowest BCUT2D eigenvalue weighted by molar-refractivity contribution is -0.132. The number of carbonyl (C=O) groups excluding carboxylic acids is 2. The van der Waals surface area contributed by atoms with Gasteiger partial charge in [0.2, 0.25) is 5.91 Å². The highest BCUT2D eigenvalue weighted by molar-refractivity contribution is 7.98. The van der Waals surface area contributed by atoms with Gasteiger partial charge in [0.25, 0.3) is 5.91 Å². The standard InChI is InChI=1S/C18H28N2O3S/c1-13-6-5-7-15(12-13)17(22)19-16(9-11-24-4)18(23)20(3)10-8-14(2)21/h5-7,12,14,16,21H,8-11H2,1-4H3,(H,19,22)/t14-,16-/m0/s1. The van der Waals surface area contributed by atoms with Crippen LogP contribution in [0.1, 0.15) is 35.7 Å². The molecule has 0 aromatic heterocycles. The summed E-state index contributed by atoms with van der Waals surface area (Å²) in [6.07, 6.45) is 2.62. The van der Waals surface area contributed by atoms with Crippen molar-refractivity contribution < 1.29 is 14.7 Å². The van der Waals surface area contributed by atoms with Crippen LogP contribution >= 0.6 is 11.8 Å². The number of nitrogens with zero attached hydrogens (tertiary/aromatic N) is 1. The normalized spacial score (nSPS) is 13.2. The number of carbonyl (C=O) groups is 2. The largest absolute Gasteiger partial charge is 0.393 e. The van der Waals surface area contributed by atoms with Gasteiger partial charge in [-0.05, 0) is 50.8 Å². The highest BCUT2D eigenvalue weighted by atomic mass is 32.2. The molecule has 0 bridgehead atoms. The molecule has 6 heteroatoms. The maximum atomic E-state index is 12.6. The third kappa shape index (κ3) is 6.93. The second-order valence-electron chi connectivity index (χ2n) is 6.07. The summed E-state index contributed by atoms with van der Waals surface area (Å²) < 4.78 is 0. The summed E-state index contributed by atoms with van der Waals surface area (Å²) in [6, 6.07) is 6.76. The minimum atomic E-state index is -0.551. The van der Waals surface area contributed by atoms with Crippen LogP contribution in [0.2, 0.25) is 0 Å². The minimum absolute atomic E-state index is 0.120. The molecule has 1 aromatic rings. The zero-order valence-electron chi connectivity index (χ0n) is 14.9. The summed E-state index contributed by atoms with van der Waals surface area (Å²) >= 11 is 1.64. The van der Waals surface area contributed by atoms with E-state index in [2.05, 4.69) is 5.32 Å². The molecule has 2 atom stereocenters. The van der Waals surface area contributed by atoms with E-state index in [4.69, 9.17) is 0 Å². The second-order valence-corrected chi connectivity index (χ2v) is 7.06. The first-order chi connectivity index (χ1) is 11.3. The smallest absolute Gasteiger partial charge is 0.251 e. The second kappa shape index (κ2) is 10.4. The monoisotopic (exact) mass is 352 g/mol. The number of likely N-dealkylation sites (N-methyl/N-ethyl adjacent to an activating group) is 1. The summed E-state index contributed by atoms with van der Waals surface area (Å²) in [5.41, 5.74) is 1.56. The van der Waals surface area contributed by atoms with Gasteiger partial charge in [0.05, 0.1) is 6.10 Å². The van der Waals surface area contributed by atoms with Crippen LogP contribution < -0.4 is 5.32 Å². The molecule has 134 valence electrons. The van der Waals surface area contributed by atoms with Crippen LogP contribution in [-0.2, 0) is 4.79 Å². The molecule has 24 heavy (non-hydrogen) atoms. The van der Waals surface area contributed by atoms with Crippen LogP contribution in [0.4, 0.5) is 0 Å². The molecule has 0 spiro atoms. The molecule has 1 aromatic carbocycles. The Morgan fingerprint density at radius 2 is 2.04 bits per heavy atom. The molecule has 5 nitrogen and oxygen atoms in total. The summed E-state index contributed by atoms with van der Waals surface area (Å²) in [5.74, 6) is 0.433. The van der Waals surface area contributed by atoms with Crippen molar-refractivity contribution in [2.24, 2.45) is 0 Å². The van der Waals surface area contributed by atoms with Gasteiger partial charge in [-0.1, -0.05) is 17.7 Å². The van der Waals surface area contributed by atoms with Crippen molar-refractivity contribution in [3.8, 4) is 0 Å². The van der Waals surface area contributed by atoms with E-state index in [1.807, 2.05) is 31.4 Å². The quantitative estimate of drug-likeness (QED) is 0.714. The summed E-state index contributed by atoms with van der Waals surface area (Å²) in [7, 11) is 1.70. The number of aliphatic hydroxyl groups is 1. The SMILES string of the molecule is CSCC[C@H](NC(=O)c1cccc(C)c1)C(=O)N(C)CC[C@H](C)O. The molecular formula is C18H28N2O3S. The fraction of sp³-hybridized carbons (Fsp3) is 0.556. The Bertz CT molecular complexity index is 549. The average molecular weight is 353 g/mol. The number of amides is 2. The van der Waals surface area contributed by atoms with E-state index < -0.39 is 12.1 Å². The zero-order valence-corrected chi connectivity index (χ0v) is 15.7. The van der Waals surface area contributed by atoms with Gasteiger partial charge in [-0.15, -0.1) is 0 Å². The molecule has 0 unspecified atom stereocenters. The Morgan fingerprint density at radius 1 is 1.33 bits per heavy atom. The van der Waals surface area contributed by atoms with Gasteiger partial charge in [0, 0.05) is 19.2 Å². The van der Waals surface area contributed by atoms with E-state index in [9.17, 15) is 14.7 Å². The molecule has 0 radical (unpaired) electrons. The van der Waals surface area contributed by atoms with Crippen LogP contribution in [0.5, 0.6) is 0 Å². The molecule has 0 saturated carbocycles. The molecule has 0 heterocycles. The lowest BCUT2D eigenvalue weighted by Crippen LogP contribution is -2.48. The van der Waals surface area contributed by atoms with E-state index >= 15 is 0 Å². The van der Waals surface area contributed by atoms with Crippen LogP contribution in [0, 0.1) is 6.92 Å². The van der Waals surface area contributed by atoms with Crippen molar-refractivity contribution >= 4 is 23.6 Å². The molecule has 0 aliphatic heterocycles. The minimum Gasteiger partial charge on any atom is -0.393 e. The molecule has 0 aliphatic rings. The van der Waals surface area contributed by atoms with Crippen LogP contribution in [-0.4, -0.2) is 59.6 Å². The summed E-state index contributed by atoms with van der Waals surface area (Å²) in [5, 5.41) is 12.2. The highest BCUT2D eigenvalue weighted by Crippen LogP contribution is 2.08. The Labute approximate surface area is 148 Å². The first-order valence-corrected chi connectivity index (χ1v) is 9.54. The van der Waals surface area contributed by atoms with Crippen molar-refractivity contribution in [3.05, 3.63) is 35.4 Å². The Balaban J connectivity index is 2.76. The van der Waals surface area contributed by atoms with E-state index in [1.165, 1.54) is 0 Å². The zero-order chi connectivity index (χ0) is 18.1. The van der Waals surface area contributed by atoms with Crippen LogP contribution in [0.25, 0.3) is 0 Å². The fourth-order valence-electron chi connectivity index (χ4n) is 2.28. The maximum Gasteiger partial charge on any atom is 0.251 e. The molecule has 2 amide bonds. The number of benzene rings is 1. The predicted molar refractivity (Wildman–Crippen MR) is 99.4 cm³/mol. The van der Waals surface area contributed by atoms with E-state index in [0.29, 0.717) is 24.9 Å². The van der Waals surface area contributed by atoms with Gasteiger partial charge in [0.15, 0.2) is 0 Å². The third-order valence-electron chi connectivity index (χ3n) is 3.75. The topological polar surface area (TPSA) is 69.6 Å². The lowest BCUT2D eigenvalue weighted by atomic mass is 10.1. The average Bonchev–Trinajstić information content (AvgIpc) is 2.55. The summed E-state index contributed by atoms with van der Waals surface area (Å²) in [6.45, 7) is 4.09. The molecule has 0 fully saturated rings. The molecule has 0 saturated heterocycles. The Hall–Kier alpha value is -1.53. The van der Waals surface area contributed by atoms with Gasteiger partial charge < -0.3 is 15.3 Å². The van der Waals surface area contributed by atoms with E-state index in [1.54, 1.807) is 36.7 Å². The van der Waals surface area contributed by atoms with Gasteiger partial charge in [-0.3, -0.25) is 9.59 Å². The molecule has 2 N–H and O–H groups in total. The first kappa shape index (κ1) is 20.5. The maximum absolute atomic E-state index is 12.6. The van der Waals surface area contributed by atoms with Crippen molar-refractivity contribution in [1.82, 2.24) is 10.2 Å². The van der Waals surface area contributed by atoms with Crippen molar-refractivity contribution in [2.45, 2.75) is 38.8 Å². The predicted octanol–water partition coefficient (Wildman–Crippen LogP) is 2.08. The van der Waals surface area contributed by atoms with E-state index in [0.717, 1.165) is 11.3 Å². The summed E-state index contributed by atoms with van der Waals surface area (Å²) in [4.78, 5) is 26.6. The molecule has 0 aliphatic carbocycles. The van der Waals surface area contributed by atoms with E-state index in [-0.39, 0.29) is 11.8 Å². The number of nitrogens with one attached hydrogen (secondary N) is 1. The van der Waals surface area contributed by atoms with Crippen molar-refractivity contribution in [3.63, 3.8) is 0 Å². The van der Waals surface area contributed by atoms with Crippen molar-refractivity contribution in [2.75, 3.05) is 25.6 Å². The fourth-order valence-corrected chi connectivity index (χ4v) is 2.75. The van der Waals surface area contributed by atoms with Gasteiger partial charge in [-0.25, -0.2) is 0 Å². The third-order valence-corrected chi connectivity index (χ3v) is 4.40. The van der Waals surface area contributed by atoms with Gasteiger partial charge in [0.1, 0.15) is 6.04 Å². The van der Waals surface area contributed by atoms with Crippen LogP contribution in [0.3, 0.4) is 0 Å². The van der Waals surface area contributed by atoms with Gasteiger partial charge in [-0.2, -0.15) is 11.8 Å². The lowest BCUT2D eigenvalue weighted by Gasteiger charge is -2.25. The number of hydrogen-bond donors (Lipinski definition) is 2. The highest BCUT2D eigenvalue weighted by Gasteiger charge is 2.24. The molecular weight excluding hydrogens is 324 g/mol. The van der Waals surface area contributed by atoms with Crippen molar-refractivity contribution in [1.29, 1.82) is 0 Å². The molecule has 1 rings (SSSR count). The van der Waals surface area contributed by atoms with Crippen LogP contribution in [0.15, 0.2) is 24.3 Å².